The van der Waals surface area contributed by atoms with Gasteiger partial charge in [-0.25, -0.2) is 0 Å². The van der Waals surface area contributed by atoms with E-state index in [0.29, 0.717) is 18.1 Å². The van der Waals surface area contributed by atoms with Gasteiger partial charge < -0.3 is 14.9 Å². The molecule has 1 aromatic heterocycles. The zero-order valence-electron chi connectivity index (χ0n) is 24.0. The first-order chi connectivity index (χ1) is 18.2. The Balaban J connectivity index is 1.84. The van der Waals surface area contributed by atoms with Crippen molar-refractivity contribution in [3.63, 3.8) is 0 Å². The number of aromatic nitrogens is 2. The Hall–Kier alpha value is -2.70. The smallest absolute Gasteiger partial charge is 0.304 e. The summed E-state index contributed by atoms with van der Waals surface area (Å²) in [6.07, 6.45) is 15.2. The predicted octanol–water partition coefficient (Wildman–Crippen LogP) is 8.12. The Morgan fingerprint density at radius 3 is 1.97 bits per heavy atom. The highest BCUT2D eigenvalue weighted by molar-refractivity contribution is 5.83. The Bertz CT molecular complexity index is 936. The van der Waals surface area contributed by atoms with Gasteiger partial charge in [-0.2, -0.15) is 4.98 Å². The number of carbonyl (C=O) groups is 2. The molecule has 0 bridgehead atoms. The minimum atomic E-state index is -0.958. The first-order valence-corrected chi connectivity index (χ1v) is 14.6. The average Bonchev–Trinajstić information content (AvgIpc) is 3.36. The van der Waals surface area contributed by atoms with Gasteiger partial charge in [-0.3, -0.25) is 9.59 Å². The van der Waals surface area contributed by atoms with Gasteiger partial charge in [-0.15, -0.1) is 0 Å². The summed E-state index contributed by atoms with van der Waals surface area (Å²) in [5.41, 5.74) is 0.428. The second-order valence-electron chi connectivity index (χ2n) is 11.6. The molecular formula is C31H49N3O4. The molecule has 212 valence electrons. The number of benzene rings is 1. The van der Waals surface area contributed by atoms with E-state index in [1.807, 2.05) is 51.1 Å². The van der Waals surface area contributed by atoms with Crippen molar-refractivity contribution in [1.29, 1.82) is 0 Å². The Labute approximate surface area is 229 Å². The van der Waals surface area contributed by atoms with Crippen LogP contribution in [-0.4, -0.2) is 27.1 Å². The highest BCUT2D eigenvalue weighted by atomic mass is 16.5. The Morgan fingerprint density at radius 2 is 1.45 bits per heavy atom. The maximum atomic E-state index is 13.3. The maximum Gasteiger partial charge on any atom is 0.304 e. The summed E-state index contributed by atoms with van der Waals surface area (Å²) >= 11 is 0. The number of carboxylic acid groups (broad SMARTS) is 1. The van der Waals surface area contributed by atoms with Crippen molar-refractivity contribution in [3.8, 4) is 11.4 Å². The fourth-order valence-corrected chi connectivity index (χ4v) is 4.73. The molecule has 2 atom stereocenters. The molecule has 2 rings (SSSR count). The monoisotopic (exact) mass is 527 g/mol. The Morgan fingerprint density at radius 1 is 0.895 bits per heavy atom. The number of nitrogens with one attached hydrogen (secondary N) is 1. The Kier molecular flexibility index (Phi) is 14.1. The molecule has 0 fully saturated rings. The molecule has 7 nitrogen and oxygen atoms in total. The molecular weight excluding hydrogens is 478 g/mol. The first-order valence-electron chi connectivity index (χ1n) is 14.6. The lowest BCUT2D eigenvalue weighted by Crippen LogP contribution is -2.40. The number of hydrogen-bond acceptors (Lipinski definition) is 5. The second-order valence-corrected chi connectivity index (χ2v) is 11.6. The molecule has 0 saturated heterocycles. The molecule has 0 radical (unpaired) electrons. The fourth-order valence-electron chi connectivity index (χ4n) is 4.73. The summed E-state index contributed by atoms with van der Waals surface area (Å²) in [6, 6.07) is 8.99. The fraction of sp³-hybridized carbons (Fsp3) is 0.677. The van der Waals surface area contributed by atoms with Crippen LogP contribution in [0.4, 0.5) is 0 Å². The molecule has 0 saturated carbocycles. The molecule has 0 spiro atoms. The second kappa shape index (κ2) is 17.0. The van der Waals surface area contributed by atoms with Gasteiger partial charge >= 0.3 is 5.97 Å². The van der Waals surface area contributed by atoms with Gasteiger partial charge in [0.25, 0.3) is 0 Å². The summed E-state index contributed by atoms with van der Waals surface area (Å²) in [5, 5.41) is 16.6. The van der Waals surface area contributed by atoms with Crippen LogP contribution in [0.25, 0.3) is 11.4 Å². The third-order valence-electron chi connectivity index (χ3n) is 7.07. The lowest BCUT2D eigenvalue weighted by Gasteiger charge is -2.29. The van der Waals surface area contributed by atoms with Crippen molar-refractivity contribution >= 4 is 11.9 Å². The highest BCUT2D eigenvalue weighted by Crippen LogP contribution is 2.33. The summed E-state index contributed by atoms with van der Waals surface area (Å²) in [7, 11) is 0. The number of unbranched alkanes of at least 4 members (excludes halogenated alkanes) is 11. The third kappa shape index (κ3) is 11.8. The van der Waals surface area contributed by atoms with Crippen molar-refractivity contribution in [2.75, 3.05) is 0 Å². The van der Waals surface area contributed by atoms with Gasteiger partial charge in [0.15, 0.2) is 0 Å². The summed E-state index contributed by atoms with van der Waals surface area (Å²) in [5.74, 6) is -1.03. The largest absolute Gasteiger partial charge is 0.481 e. The van der Waals surface area contributed by atoms with Crippen molar-refractivity contribution in [2.45, 2.75) is 124 Å². The summed E-state index contributed by atoms with van der Waals surface area (Å²) < 4.78 is 5.55. The number of nitrogens with zero attached hydrogens (tertiary/aromatic N) is 2. The zero-order chi connectivity index (χ0) is 27.8. The molecule has 2 N–H and O–H groups in total. The van der Waals surface area contributed by atoms with E-state index in [1.165, 1.54) is 57.8 Å². The first kappa shape index (κ1) is 31.5. The van der Waals surface area contributed by atoms with Crippen LogP contribution in [0.1, 0.15) is 130 Å². The lowest BCUT2D eigenvalue weighted by atomic mass is 9.85. The number of carbonyl (C=O) groups excluding carboxylic acids is 1. The van der Waals surface area contributed by atoms with Gasteiger partial charge in [0.05, 0.1) is 6.42 Å². The van der Waals surface area contributed by atoms with E-state index in [1.54, 1.807) is 0 Å². The number of aliphatic carboxylic acids is 1. The molecule has 0 unspecified atom stereocenters. The third-order valence-corrected chi connectivity index (χ3v) is 7.07. The van der Waals surface area contributed by atoms with Gasteiger partial charge in [0, 0.05) is 11.5 Å². The molecule has 0 aliphatic rings. The summed E-state index contributed by atoms with van der Waals surface area (Å²) in [6.45, 7) is 8.21. The lowest BCUT2D eigenvalue weighted by molar-refractivity contribution is -0.141. The van der Waals surface area contributed by atoms with Crippen LogP contribution in [0.3, 0.4) is 0 Å². The predicted molar refractivity (Wildman–Crippen MR) is 152 cm³/mol. The summed E-state index contributed by atoms with van der Waals surface area (Å²) in [4.78, 5) is 29.3. The van der Waals surface area contributed by atoms with Crippen LogP contribution >= 0.6 is 0 Å². The molecule has 1 heterocycles. The van der Waals surface area contributed by atoms with Crippen molar-refractivity contribution < 1.29 is 19.2 Å². The van der Waals surface area contributed by atoms with E-state index in [-0.39, 0.29) is 12.3 Å². The molecule has 2 aromatic rings. The number of amides is 1. The van der Waals surface area contributed by atoms with Gasteiger partial charge in [-0.1, -0.05) is 140 Å². The topological polar surface area (TPSA) is 105 Å². The van der Waals surface area contributed by atoms with Gasteiger partial charge in [0.2, 0.25) is 17.6 Å². The van der Waals surface area contributed by atoms with E-state index in [0.717, 1.165) is 24.8 Å². The van der Waals surface area contributed by atoms with E-state index in [2.05, 4.69) is 22.4 Å². The quantitative estimate of drug-likeness (QED) is 0.179. The normalized spacial score (nSPS) is 13.3. The van der Waals surface area contributed by atoms with Crippen LogP contribution < -0.4 is 5.32 Å². The standard InChI is InChI=1S/C31H49N3O4/c1-5-6-7-8-9-10-11-12-13-14-15-17-22-25(23-26(35)36)29(37)32-27(31(2,3)4)30-33-28(34-38-30)24-20-18-16-19-21-24/h16,18-21,25,27H,5-15,17,22-23H2,1-4H3,(H,32,37)(H,35,36)/t25-,27+/m0/s1. The number of rotatable bonds is 19. The molecule has 0 aliphatic carbocycles. The van der Waals surface area contributed by atoms with Gasteiger partial charge in [0.1, 0.15) is 6.04 Å². The minimum Gasteiger partial charge on any atom is -0.481 e. The van der Waals surface area contributed by atoms with Crippen LogP contribution in [0.5, 0.6) is 0 Å². The van der Waals surface area contributed by atoms with Crippen LogP contribution in [0, 0.1) is 11.3 Å². The SMILES string of the molecule is CCCCCCCCCCCCCC[C@@H](CC(=O)O)C(=O)N[C@H](c1nc(-c2ccccc2)no1)C(C)(C)C. The van der Waals surface area contributed by atoms with E-state index in [4.69, 9.17) is 4.52 Å². The molecule has 0 aliphatic heterocycles. The van der Waals surface area contributed by atoms with E-state index < -0.39 is 23.3 Å². The number of carboxylic acids is 1. The molecule has 7 heteroatoms. The van der Waals surface area contributed by atoms with Crippen molar-refractivity contribution in [1.82, 2.24) is 15.5 Å². The van der Waals surface area contributed by atoms with Crippen molar-refractivity contribution in [3.05, 3.63) is 36.2 Å². The van der Waals surface area contributed by atoms with Crippen molar-refractivity contribution in [2.24, 2.45) is 11.3 Å². The number of hydrogen-bond donors (Lipinski definition) is 2. The minimum absolute atomic E-state index is 0.181. The van der Waals surface area contributed by atoms with Crippen LogP contribution in [0.15, 0.2) is 34.9 Å². The van der Waals surface area contributed by atoms with Gasteiger partial charge in [-0.05, 0) is 11.8 Å². The highest BCUT2D eigenvalue weighted by Gasteiger charge is 2.35. The molecule has 1 amide bonds. The average molecular weight is 528 g/mol. The van der Waals surface area contributed by atoms with E-state index >= 15 is 0 Å². The molecule has 1 aromatic carbocycles. The van der Waals surface area contributed by atoms with E-state index in [9.17, 15) is 14.7 Å². The van der Waals surface area contributed by atoms with Crippen LogP contribution in [-0.2, 0) is 9.59 Å². The zero-order valence-corrected chi connectivity index (χ0v) is 24.0. The maximum absolute atomic E-state index is 13.3. The molecule has 38 heavy (non-hydrogen) atoms. The van der Waals surface area contributed by atoms with Crippen LogP contribution in [0.2, 0.25) is 0 Å².